The first-order valence-electron chi connectivity index (χ1n) is 13.0. The lowest BCUT2D eigenvalue weighted by molar-refractivity contribution is -0.153. The van der Waals surface area contributed by atoms with Crippen molar-refractivity contribution in [3.8, 4) is 11.5 Å². The second-order valence-corrected chi connectivity index (χ2v) is 10.6. The van der Waals surface area contributed by atoms with E-state index in [-0.39, 0.29) is 24.1 Å². The second-order valence-electron chi connectivity index (χ2n) is 10.2. The highest BCUT2D eigenvalue weighted by Gasteiger charge is 2.30. The van der Waals surface area contributed by atoms with Crippen LogP contribution in [0.25, 0.3) is 0 Å². The van der Waals surface area contributed by atoms with Gasteiger partial charge in [0.05, 0.1) is 13.0 Å². The summed E-state index contributed by atoms with van der Waals surface area (Å²) in [6.07, 6.45) is 1.30. The molecule has 0 aliphatic carbocycles. The number of aromatic nitrogens is 1. The van der Waals surface area contributed by atoms with Crippen LogP contribution in [0.5, 0.6) is 11.5 Å². The van der Waals surface area contributed by atoms with Gasteiger partial charge in [0.25, 0.3) is 0 Å². The Morgan fingerprint density at radius 3 is 1.97 bits per heavy atom. The van der Waals surface area contributed by atoms with E-state index in [0.717, 1.165) is 22.3 Å². The number of carbonyl (C=O) groups excluding carboxylic acids is 2. The van der Waals surface area contributed by atoms with E-state index in [1.165, 1.54) is 31.4 Å². The Kier molecular flexibility index (Phi) is 9.97. The molecule has 0 aliphatic heterocycles. The van der Waals surface area contributed by atoms with Crippen LogP contribution in [0.1, 0.15) is 72.2 Å². The largest absolute Gasteiger partial charge is 0.493 e. The molecular formula is C32H37NO5S. The van der Waals surface area contributed by atoms with Crippen LogP contribution < -0.4 is 9.47 Å². The van der Waals surface area contributed by atoms with Crippen molar-refractivity contribution < 1.29 is 23.8 Å². The first-order chi connectivity index (χ1) is 18.4. The minimum atomic E-state index is -0.544. The first kappa shape index (κ1) is 30.0. The molecule has 1 heterocycles. The molecule has 0 saturated heterocycles. The van der Waals surface area contributed by atoms with Gasteiger partial charge in [0, 0.05) is 30.0 Å². The van der Waals surface area contributed by atoms with Gasteiger partial charge in [-0.15, -0.1) is 0 Å². The zero-order valence-electron chi connectivity index (χ0n) is 24.0. The summed E-state index contributed by atoms with van der Waals surface area (Å²) in [5, 5.41) is 0. The number of methoxy groups -OCH3 is 1. The number of rotatable bonds is 10. The molecule has 0 aliphatic rings. The molecular weight excluding hydrogens is 510 g/mol. The number of aryl methyl sites for hydroxylation is 4. The Hall–Kier alpha value is -3.58. The fraction of sp³-hybridized carbons (Fsp3) is 0.375. The van der Waals surface area contributed by atoms with Crippen LogP contribution in [0.4, 0.5) is 0 Å². The van der Waals surface area contributed by atoms with Crippen molar-refractivity contribution in [2.24, 2.45) is 5.92 Å². The number of nitrogens with zero attached hydrogens (tertiary/aromatic N) is 1. The molecule has 0 unspecified atom stereocenters. The van der Waals surface area contributed by atoms with Crippen molar-refractivity contribution in [1.82, 2.24) is 4.98 Å². The number of carbonyl (C=O) groups is 2. The van der Waals surface area contributed by atoms with E-state index in [0.29, 0.717) is 16.3 Å². The van der Waals surface area contributed by atoms with Gasteiger partial charge in [0.1, 0.15) is 11.8 Å². The van der Waals surface area contributed by atoms with Gasteiger partial charge in [0.2, 0.25) is 0 Å². The number of esters is 2. The van der Waals surface area contributed by atoms with E-state index in [1.807, 2.05) is 6.92 Å². The second kappa shape index (κ2) is 13.0. The lowest BCUT2D eigenvalue weighted by Crippen LogP contribution is -2.28. The van der Waals surface area contributed by atoms with E-state index in [4.69, 9.17) is 26.4 Å². The van der Waals surface area contributed by atoms with Gasteiger partial charge < -0.3 is 14.2 Å². The van der Waals surface area contributed by atoms with Crippen LogP contribution in [-0.2, 0) is 14.3 Å². The van der Waals surface area contributed by atoms with Crippen LogP contribution in [-0.4, -0.2) is 35.0 Å². The molecule has 2 aromatic carbocycles. The fourth-order valence-electron chi connectivity index (χ4n) is 4.88. The topological polar surface area (TPSA) is 74.7 Å². The molecule has 39 heavy (non-hydrogen) atoms. The zero-order valence-corrected chi connectivity index (χ0v) is 24.8. The molecule has 6 nitrogen and oxygen atoms in total. The van der Waals surface area contributed by atoms with Crippen molar-refractivity contribution >= 4 is 29.0 Å². The average Bonchev–Trinajstić information content (AvgIpc) is 2.86. The molecule has 0 radical (unpaired) electrons. The van der Waals surface area contributed by atoms with E-state index >= 15 is 0 Å². The molecule has 0 N–H and O–H groups in total. The summed E-state index contributed by atoms with van der Waals surface area (Å²) in [5.41, 5.74) is 7.22. The molecule has 206 valence electrons. The number of ether oxygens (including phenoxy) is 3. The monoisotopic (exact) mass is 547 g/mol. The van der Waals surface area contributed by atoms with Crippen LogP contribution in [0, 0.1) is 33.6 Å². The quantitative estimate of drug-likeness (QED) is 0.158. The third kappa shape index (κ3) is 7.30. The number of benzene rings is 2. The van der Waals surface area contributed by atoms with Gasteiger partial charge in [-0.3, -0.25) is 14.6 Å². The molecule has 0 fully saturated rings. The molecule has 3 aromatic rings. The van der Waals surface area contributed by atoms with Gasteiger partial charge in [0.15, 0.2) is 11.5 Å². The summed E-state index contributed by atoms with van der Waals surface area (Å²) < 4.78 is 16.8. The number of pyridine rings is 1. The summed E-state index contributed by atoms with van der Waals surface area (Å²) in [5.74, 6) is -1.07. The van der Waals surface area contributed by atoms with Crippen molar-refractivity contribution in [3.63, 3.8) is 0 Å². The maximum atomic E-state index is 13.3. The van der Waals surface area contributed by atoms with Crippen molar-refractivity contribution in [3.05, 3.63) is 87.7 Å². The van der Waals surface area contributed by atoms with Gasteiger partial charge >= 0.3 is 11.9 Å². The SMILES string of the molecule is COc1ccnc(C(=S)C[C@@H](C)C(=O)O[C@@H](C)C(c2ccc(C)cc2C)c2ccc(C)cc2C)c1OC(C)=O. The lowest BCUT2D eigenvalue weighted by atomic mass is 9.82. The Labute approximate surface area is 236 Å². The van der Waals surface area contributed by atoms with Crippen LogP contribution in [0.2, 0.25) is 0 Å². The smallest absolute Gasteiger partial charge is 0.309 e. The predicted octanol–water partition coefficient (Wildman–Crippen LogP) is 6.76. The predicted molar refractivity (Wildman–Crippen MR) is 157 cm³/mol. The molecule has 0 amide bonds. The average molecular weight is 548 g/mol. The zero-order chi connectivity index (χ0) is 28.9. The summed E-state index contributed by atoms with van der Waals surface area (Å²) in [6.45, 7) is 13.3. The van der Waals surface area contributed by atoms with Crippen LogP contribution in [0.3, 0.4) is 0 Å². The molecule has 1 aromatic heterocycles. The van der Waals surface area contributed by atoms with Crippen LogP contribution in [0.15, 0.2) is 48.7 Å². The van der Waals surface area contributed by atoms with Gasteiger partial charge in [-0.1, -0.05) is 66.7 Å². The Bertz CT molecular complexity index is 1330. The molecule has 7 heteroatoms. The van der Waals surface area contributed by atoms with E-state index < -0.39 is 18.0 Å². The highest BCUT2D eigenvalue weighted by atomic mass is 32.1. The van der Waals surface area contributed by atoms with Crippen molar-refractivity contribution in [2.75, 3.05) is 7.11 Å². The number of thiocarbonyl (C=S) groups is 1. The summed E-state index contributed by atoms with van der Waals surface area (Å²) in [4.78, 5) is 29.7. The highest BCUT2D eigenvalue weighted by molar-refractivity contribution is 7.80. The van der Waals surface area contributed by atoms with Crippen molar-refractivity contribution in [2.45, 2.75) is 66.9 Å². The van der Waals surface area contributed by atoms with Gasteiger partial charge in [-0.05, 0) is 63.3 Å². The first-order valence-corrected chi connectivity index (χ1v) is 13.4. The minimum absolute atomic E-state index is 0.134. The standard InChI is InChI=1S/C32H37NO5S/c1-18-9-11-25(20(3)15-18)29(26-12-10-19(2)16-21(26)4)23(6)37-32(35)22(5)17-28(39)30-31(38-24(7)34)27(36-8)13-14-33-30/h9-16,22-23,29H,17H2,1-8H3/t22-,23+/m1/s1. The van der Waals surface area contributed by atoms with E-state index in [2.05, 4.69) is 69.1 Å². The normalized spacial score (nSPS) is 12.5. The van der Waals surface area contributed by atoms with Gasteiger partial charge in [-0.2, -0.15) is 0 Å². The maximum absolute atomic E-state index is 13.3. The minimum Gasteiger partial charge on any atom is -0.493 e. The maximum Gasteiger partial charge on any atom is 0.309 e. The number of hydrogen-bond acceptors (Lipinski definition) is 7. The lowest BCUT2D eigenvalue weighted by Gasteiger charge is -2.29. The fourth-order valence-corrected chi connectivity index (χ4v) is 5.28. The van der Waals surface area contributed by atoms with Crippen LogP contribution >= 0.6 is 12.2 Å². The molecule has 0 saturated carbocycles. The van der Waals surface area contributed by atoms with E-state index in [9.17, 15) is 9.59 Å². The summed E-state index contributed by atoms with van der Waals surface area (Å²) >= 11 is 5.62. The summed E-state index contributed by atoms with van der Waals surface area (Å²) in [6, 6.07) is 14.3. The molecule has 0 spiro atoms. The highest BCUT2D eigenvalue weighted by Crippen LogP contribution is 2.36. The molecule has 3 rings (SSSR count). The van der Waals surface area contributed by atoms with Crippen molar-refractivity contribution in [1.29, 1.82) is 0 Å². The molecule has 2 atom stereocenters. The van der Waals surface area contributed by atoms with E-state index in [1.54, 1.807) is 13.0 Å². The Morgan fingerprint density at radius 2 is 1.49 bits per heavy atom. The molecule has 0 bridgehead atoms. The Balaban J connectivity index is 1.85. The third-order valence-electron chi connectivity index (χ3n) is 6.78. The van der Waals surface area contributed by atoms with Gasteiger partial charge in [-0.25, -0.2) is 0 Å². The Morgan fingerprint density at radius 1 is 0.923 bits per heavy atom. The number of hydrogen-bond donors (Lipinski definition) is 0. The summed E-state index contributed by atoms with van der Waals surface area (Å²) in [7, 11) is 1.47. The third-order valence-corrected chi connectivity index (χ3v) is 7.14.